The number of hydrogen-bond acceptors (Lipinski definition) is 8. The fraction of sp³-hybridized carbons (Fsp3) is 0.229. The molecule has 220 valence electrons. The maximum absolute atomic E-state index is 13.7. The van der Waals surface area contributed by atoms with E-state index in [0.717, 1.165) is 12.8 Å². The molecule has 3 aromatic carbocycles. The molecule has 1 aromatic heterocycles. The van der Waals surface area contributed by atoms with E-state index in [-0.39, 0.29) is 64.0 Å². The topological polar surface area (TPSA) is 120 Å². The van der Waals surface area contributed by atoms with Crippen LogP contribution in [0.1, 0.15) is 55.6 Å². The van der Waals surface area contributed by atoms with Gasteiger partial charge in [-0.1, -0.05) is 36.4 Å². The van der Waals surface area contributed by atoms with Crippen LogP contribution in [0.5, 0.6) is 5.75 Å². The van der Waals surface area contributed by atoms with Gasteiger partial charge in [-0.3, -0.25) is 19.3 Å². The maximum atomic E-state index is 13.7. The van der Waals surface area contributed by atoms with Gasteiger partial charge in [-0.2, -0.15) is 0 Å². The molecule has 0 radical (unpaired) electrons. The second-order valence-electron chi connectivity index (χ2n) is 11.4. The lowest BCUT2D eigenvalue weighted by atomic mass is 9.73. The minimum absolute atomic E-state index is 0.0475. The van der Waals surface area contributed by atoms with Crippen LogP contribution in [0.4, 0.5) is 5.69 Å². The number of ketones is 1. The lowest BCUT2D eigenvalue weighted by Gasteiger charge is -2.28. The highest BCUT2D eigenvalue weighted by Crippen LogP contribution is 2.61. The predicted molar refractivity (Wildman–Crippen MR) is 156 cm³/mol. The number of benzene rings is 3. The van der Waals surface area contributed by atoms with E-state index in [0.29, 0.717) is 5.69 Å². The fourth-order valence-corrected chi connectivity index (χ4v) is 7.13. The molecule has 7 rings (SSSR count). The molecule has 2 amide bonds. The fourth-order valence-electron chi connectivity index (χ4n) is 7.13. The average Bonchev–Trinajstić information content (AvgIpc) is 3.85. The van der Waals surface area contributed by atoms with Gasteiger partial charge in [-0.05, 0) is 90.8 Å². The summed E-state index contributed by atoms with van der Waals surface area (Å²) in [5, 5.41) is 0. The number of anilines is 1. The number of rotatable bonds is 8. The molecule has 2 bridgehead atoms. The van der Waals surface area contributed by atoms with Crippen molar-refractivity contribution in [2.24, 2.45) is 23.7 Å². The Bertz CT molecular complexity index is 1760. The highest BCUT2D eigenvalue weighted by Gasteiger charge is 2.64. The predicted octanol–water partition coefficient (Wildman–Crippen LogP) is 5.47. The summed E-state index contributed by atoms with van der Waals surface area (Å²) in [5.41, 5.74) is 1.91. The molecule has 0 N–H and O–H groups in total. The molecule has 1 saturated heterocycles. The molecule has 4 aromatic rings. The van der Waals surface area contributed by atoms with E-state index in [2.05, 4.69) is 12.1 Å². The first-order chi connectivity index (χ1) is 21.4. The SMILES string of the molecule is O=C(COC(=O)c1cccc(N2C(=O)[C@@H]3[C@@H]4C[C@@H]([C@H]3C2=O)[C@@H](c2ccccc2)C4)c1)c1ccc(OC(=O)c2ccco2)cc1. The van der Waals surface area contributed by atoms with E-state index < -0.39 is 24.3 Å². The molecule has 0 spiro atoms. The molecule has 3 aliphatic rings. The largest absolute Gasteiger partial charge is 0.457 e. The Morgan fingerprint density at radius 2 is 1.55 bits per heavy atom. The zero-order valence-electron chi connectivity index (χ0n) is 23.5. The third-order valence-corrected chi connectivity index (χ3v) is 9.03. The van der Waals surface area contributed by atoms with Gasteiger partial charge in [0.25, 0.3) is 0 Å². The van der Waals surface area contributed by atoms with Gasteiger partial charge >= 0.3 is 11.9 Å². The second-order valence-corrected chi connectivity index (χ2v) is 11.4. The lowest BCUT2D eigenvalue weighted by molar-refractivity contribution is -0.123. The number of ether oxygens (including phenoxy) is 2. The van der Waals surface area contributed by atoms with Crippen molar-refractivity contribution in [2.45, 2.75) is 18.8 Å². The van der Waals surface area contributed by atoms with Crippen LogP contribution in [-0.4, -0.2) is 36.1 Å². The molecular formula is C35H27NO8. The molecule has 3 fully saturated rings. The standard InChI is InChI=1S/C35H27NO8/c37-28(21-11-13-25(14-12-21)44-35(41)29-10-5-15-42-29)19-43-34(40)22-8-4-9-24(16-22)36-32(38)30-23-17-26(20-6-2-1-3-7-20)27(18-23)31(30)33(36)39/h1-16,23,26-27,30-31H,17-19H2/t23-,26+,27+,30+,31+/m0/s1. The Morgan fingerprint density at radius 3 is 2.30 bits per heavy atom. The van der Waals surface area contributed by atoms with E-state index in [4.69, 9.17) is 13.9 Å². The Labute approximate surface area is 252 Å². The van der Waals surface area contributed by atoms with Gasteiger partial charge < -0.3 is 13.9 Å². The number of carbonyl (C=O) groups is 5. The molecule has 2 saturated carbocycles. The van der Waals surface area contributed by atoms with E-state index in [1.165, 1.54) is 59.2 Å². The Balaban J connectivity index is 0.991. The number of esters is 2. The maximum Gasteiger partial charge on any atom is 0.379 e. The quantitative estimate of drug-likeness (QED) is 0.115. The highest BCUT2D eigenvalue weighted by molar-refractivity contribution is 6.23. The normalized spacial score (nSPS) is 23.5. The number of nitrogens with zero attached hydrogens (tertiary/aromatic N) is 1. The molecular weight excluding hydrogens is 562 g/mol. The minimum Gasteiger partial charge on any atom is -0.457 e. The van der Waals surface area contributed by atoms with Crippen molar-refractivity contribution in [1.29, 1.82) is 0 Å². The van der Waals surface area contributed by atoms with Crippen molar-refractivity contribution in [3.63, 3.8) is 0 Å². The van der Waals surface area contributed by atoms with Crippen molar-refractivity contribution in [3.05, 3.63) is 120 Å². The van der Waals surface area contributed by atoms with Gasteiger partial charge in [0.2, 0.25) is 17.6 Å². The number of imide groups is 1. The van der Waals surface area contributed by atoms with Crippen LogP contribution in [0.2, 0.25) is 0 Å². The number of fused-ring (bicyclic) bond motifs is 5. The third kappa shape index (κ3) is 4.80. The molecule has 2 aliphatic carbocycles. The van der Waals surface area contributed by atoms with Crippen LogP contribution in [-0.2, 0) is 14.3 Å². The van der Waals surface area contributed by atoms with Gasteiger partial charge in [0, 0.05) is 5.56 Å². The number of carbonyl (C=O) groups excluding carboxylic acids is 5. The Hall–Kier alpha value is -5.31. The van der Waals surface area contributed by atoms with Crippen LogP contribution in [0.3, 0.4) is 0 Å². The second kappa shape index (κ2) is 11.1. The zero-order valence-corrected chi connectivity index (χ0v) is 23.5. The van der Waals surface area contributed by atoms with E-state index in [1.54, 1.807) is 18.2 Å². The van der Waals surface area contributed by atoms with Gasteiger partial charge in [0.05, 0.1) is 29.3 Å². The van der Waals surface area contributed by atoms with Crippen molar-refractivity contribution in [1.82, 2.24) is 0 Å². The van der Waals surface area contributed by atoms with Crippen LogP contribution in [0, 0.1) is 23.7 Å². The summed E-state index contributed by atoms with van der Waals surface area (Å²) in [6, 6.07) is 25.2. The third-order valence-electron chi connectivity index (χ3n) is 9.03. The van der Waals surface area contributed by atoms with Crippen molar-refractivity contribution in [3.8, 4) is 5.75 Å². The molecule has 9 heteroatoms. The summed E-state index contributed by atoms with van der Waals surface area (Å²) < 4.78 is 15.5. The van der Waals surface area contributed by atoms with Crippen molar-refractivity contribution < 1.29 is 37.9 Å². The van der Waals surface area contributed by atoms with Crippen molar-refractivity contribution >= 4 is 35.2 Å². The molecule has 9 nitrogen and oxygen atoms in total. The molecule has 2 heterocycles. The average molecular weight is 590 g/mol. The van der Waals surface area contributed by atoms with Gasteiger partial charge in [0.15, 0.2) is 12.4 Å². The van der Waals surface area contributed by atoms with Gasteiger partial charge in [-0.25, -0.2) is 9.59 Å². The Kier molecular flexibility index (Phi) is 6.93. The summed E-state index contributed by atoms with van der Waals surface area (Å²) in [7, 11) is 0. The first kappa shape index (κ1) is 27.5. The van der Waals surface area contributed by atoms with E-state index in [1.807, 2.05) is 18.2 Å². The summed E-state index contributed by atoms with van der Waals surface area (Å²) in [4.78, 5) is 66.0. The number of furan rings is 1. The van der Waals surface area contributed by atoms with Crippen LogP contribution >= 0.6 is 0 Å². The number of amides is 2. The number of hydrogen-bond donors (Lipinski definition) is 0. The van der Waals surface area contributed by atoms with E-state index in [9.17, 15) is 24.0 Å². The van der Waals surface area contributed by atoms with Crippen LogP contribution in [0.15, 0.2) is 102 Å². The van der Waals surface area contributed by atoms with Gasteiger partial charge in [-0.15, -0.1) is 0 Å². The summed E-state index contributed by atoms with van der Waals surface area (Å²) in [5.74, 6) is -2.21. The van der Waals surface area contributed by atoms with Gasteiger partial charge in [0.1, 0.15) is 5.75 Å². The summed E-state index contributed by atoms with van der Waals surface area (Å²) in [6.07, 6.45) is 3.12. The Morgan fingerprint density at radius 1 is 0.773 bits per heavy atom. The summed E-state index contributed by atoms with van der Waals surface area (Å²) in [6.45, 7) is -0.523. The monoisotopic (exact) mass is 589 g/mol. The van der Waals surface area contributed by atoms with E-state index >= 15 is 0 Å². The minimum atomic E-state index is -0.757. The molecule has 0 unspecified atom stereocenters. The van der Waals surface area contributed by atoms with Crippen LogP contribution in [0.25, 0.3) is 0 Å². The highest BCUT2D eigenvalue weighted by atomic mass is 16.5. The number of Topliss-reactive ketones (excluding diaryl/α,β-unsaturated/α-hetero) is 1. The smallest absolute Gasteiger partial charge is 0.379 e. The zero-order chi connectivity index (χ0) is 30.4. The summed E-state index contributed by atoms with van der Waals surface area (Å²) >= 11 is 0. The molecule has 1 aliphatic heterocycles. The molecule has 5 atom stereocenters. The lowest BCUT2D eigenvalue weighted by Crippen LogP contribution is -2.33. The first-order valence-electron chi connectivity index (χ1n) is 14.5. The van der Waals surface area contributed by atoms with Crippen molar-refractivity contribution in [2.75, 3.05) is 11.5 Å². The van der Waals surface area contributed by atoms with Crippen LogP contribution < -0.4 is 9.64 Å². The molecule has 44 heavy (non-hydrogen) atoms. The first-order valence-corrected chi connectivity index (χ1v) is 14.5.